The second-order valence-corrected chi connectivity index (χ2v) is 3.26. The fraction of sp³-hybridized carbons (Fsp3) is 0. The van der Waals surface area contributed by atoms with Crippen LogP contribution in [0.3, 0.4) is 0 Å². The van der Waals surface area contributed by atoms with E-state index in [9.17, 15) is 10.4 Å². The number of aromatic nitrogens is 2. The van der Waals surface area contributed by atoms with Gasteiger partial charge in [-0.1, -0.05) is 0 Å². The van der Waals surface area contributed by atoms with Gasteiger partial charge in [-0.2, -0.15) is 9.46 Å². The minimum Gasteiger partial charge on any atom is -0.428 e. The summed E-state index contributed by atoms with van der Waals surface area (Å²) in [6, 6.07) is 0. The number of nitrogens with zero attached hydrogens (tertiary/aromatic N) is 2. The Balaban J connectivity index is 3.18. The zero-order valence-electron chi connectivity index (χ0n) is 8.10. The minimum atomic E-state index is -0.293. The van der Waals surface area contributed by atoms with Crippen LogP contribution < -0.4 is 22.2 Å². The van der Waals surface area contributed by atoms with E-state index in [1.165, 1.54) is 0 Å². The van der Waals surface area contributed by atoms with E-state index in [1.807, 2.05) is 0 Å². The predicted molar refractivity (Wildman–Crippen MR) is 53.9 cm³/mol. The Morgan fingerprint density at radius 2 is 1.19 bits per heavy atom. The number of nitrogens with two attached hydrogens (primary N) is 2. The maximum atomic E-state index is 9.53. The first-order valence-corrected chi connectivity index (χ1v) is 4.27. The van der Waals surface area contributed by atoms with Crippen molar-refractivity contribution in [2.45, 2.75) is 0 Å². The van der Waals surface area contributed by atoms with Crippen LogP contribution in [-0.2, 0) is 0 Å². The zero-order chi connectivity index (χ0) is 12.0. The molecule has 0 amide bonds. The van der Waals surface area contributed by atoms with Crippen LogP contribution in [0.2, 0.25) is 0 Å². The van der Waals surface area contributed by atoms with Crippen molar-refractivity contribution < 1.29 is 10.4 Å². The monoisotopic (exact) mass is 222 g/mol. The van der Waals surface area contributed by atoms with Gasteiger partial charge in [0.05, 0.1) is 23.8 Å². The van der Waals surface area contributed by atoms with E-state index in [0.29, 0.717) is 9.46 Å². The Bertz CT molecular complexity index is 598. The molecule has 0 atom stereocenters. The third-order valence-corrected chi connectivity index (χ3v) is 2.33. The SMILES string of the molecule is N=c1c(N)c2n(O)ccn(O)c-2c(N)c1=N. The van der Waals surface area contributed by atoms with Gasteiger partial charge in [0.2, 0.25) is 0 Å². The van der Waals surface area contributed by atoms with Crippen molar-refractivity contribution >= 4 is 11.4 Å². The number of nitrogen functional groups attached to an aromatic ring is 2. The molecule has 2 rings (SSSR count). The van der Waals surface area contributed by atoms with E-state index >= 15 is 0 Å². The summed E-state index contributed by atoms with van der Waals surface area (Å²) in [4.78, 5) is 0. The molecule has 0 bridgehead atoms. The summed E-state index contributed by atoms with van der Waals surface area (Å²) in [7, 11) is 0. The number of fused-ring (bicyclic) bond motifs is 1. The van der Waals surface area contributed by atoms with Crippen molar-refractivity contribution in [1.82, 2.24) is 9.46 Å². The second-order valence-electron chi connectivity index (χ2n) is 3.26. The standard InChI is InChI=1S/C8H10N6O2/c9-3-4(10)6(12)8-7(5(3)11)13(15)1-2-14(8)16/h1-2,9-10,15-16H,11-12H2. The number of hydrogen-bond donors (Lipinski definition) is 6. The highest BCUT2D eigenvalue weighted by atomic mass is 16.5. The average Bonchev–Trinajstić information content (AvgIpc) is 2.26. The highest BCUT2D eigenvalue weighted by Crippen LogP contribution is 2.26. The van der Waals surface area contributed by atoms with Crippen molar-refractivity contribution in [3.05, 3.63) is 23.1 Å². The molecule has 2 aliphatic rings. The fourth-order valence-electron chi connectivity index (χ4n) is 1.50. The third kappa shape index (κ3) is 1.03. The first kappa shape index (κ1) is 9.90. The summed E-state index contributed by atoms with van der Waals surface area (Å²) in [5.74, 6) is 0. The Labute approximate surface area is 88.9 Å². The molecule has 8 heteroatoms. The van der Waals surface area contributed by atoms with Crippen LogP contribution in [0.15, 0.2) is 12.4 Å². The lowest BCUT2D eigenvalue weighted by Gasteiger charge is -2.17. The molecule has 84 valence electrons. The van der Waals surface area contributed by atoms with Crippen molar-refractivity contribution in [1.29, 1.82) is 10.8 Å². The van der Waals surface area contributed by atoms with Gasteiger partial charge in [0.15, 0.2) is 0 Å². The largest absolute Gasteiger partial charge is 0.428 e. The number of hydrogen-bond acceptors (Lipinski definition) is 6. The lowest BCUT2D eigenvalue weighted by Crippen LogP contribution is -2.33. The zero-order valence-corrected chi connectivity index (χ0v) is 8.10. The Morgan fingerprint density at radius 3 is 1.50 bits per heavy atom. The van der Waals surface area contributed by atoms with Crippen LogP contribution in [0.4, 0.5) is 11.4 Å². The first-order valence-electron chi connectivity index (χ1n) is 4.27. The van der Waals surface area contributed by atoms with Gasteiger partial charge in [-0.3, -0.25) is 10.8 Å². The van der Waals surface area contributed by atoms with Gasteiger partial charge < -0.3 is 21.9 Å². The molecule has 0 aromatic carbocycles. The molecule has 0 saturated heterocycles. The number of nitrogens with one attached hydrogen (secondary N) is 2. The highest BCUT2D eigenvalue weighted by Gasteiger charge is 2.20. The normalized spacial score (nSPS) is 10.8. The maximum Gasteiger partial charge on any atom is 0.134 e. The molecule has 8 nitrogen and oxygen atoms in total. The minimum absolute atomic E-state index is 0.0106. The van der Waals surface area contributed by atoms with Gasteiger partial charge >= 0.3 is 0 Å². The fourth-order valence-corrected chi connectivity index (χ4v) is 1.50. The van der Waals surface area contributed by atoms with Gasteiger partial charge in [-0.05, 0) is 0 Å². The molecular weight excluding hydrogens is 212 g/mol. The molecular formula is C8H10N6O2. The van der Waals surface area contributed by atoms with Gasteiger partial charge in [-0.15, -0.1) is 0 Å². The van der Waals surface area contributed by atoms with Crippen LogP contribution in [0.5, 0.6) is 0 Å². The number of benzene rings is 1. The van der Waals surface area contributed by atoms with Gasteiger partial charge in [-0.25, -0.2) is 0 Å². The summed E-state index contributed by atoms with van der Waals surface area (Å²) in [5.41, 5.74) is 10.9. The first-order chi connectivity index (χ1) is 7.45. The van der Waals surface area contributed by atoms with E-state index in [-0.39, 0.29) is 33.5 Å². The van der Waals surface area contributed by atoms with Crippen molar-refractivity contribution in [3.8, 4) is 11.4 Å². The lowest BCUT2D eigenvalue weighted by atomic mass is 10.1. The van der Waals surface area contributed by atoms with E-state index < -0.39 is 0 Å². The van der Waals surface area contributed by atoms with Crippen molar-refractivity contribution in [2.24, 2.45) is 0 Å². The Kier molecular flexibility index (Phi) is 1.81. The van der Waals surface area contributed by atoms with Crippen LogP contribution in [0.25, 0.3) is 11.4 Å². The topological polar surface area (TPSA) is 150 Å². The molecule has 1 aliphatic heterocycles. The van der Waals surface area contributed by atoms with Crippen molar-refractivity contribution in [3.63, 3.8) is 0 Å². The predicted octanol–water partition coefficient (Wildman–Crippen LogP) is -1.01. The summed E-state index contributed by atoms with van der Waals surface area (Å²) in [5, 5.41) is 33.5. The summed E-state index contributed by atoms with van der Waals surface area (Å²) in [6.45, 7) is 0. The molecule has 0 saturated carbocycles. The highest BCUT2D eigenvalue weighted by molar-refractivity contribution is 5.80. The number of anilines is 2. The molecule has 1 heterocycles. The van der Waals surface area contributed by atoms with Crippen molar-refractivity contribution in [2.75, 3.05) is 11.5 Å². The van der Waals surface area contributed by atoms with Gasteiger partial charge in [0, 0.05) is 0 Å². The summed E-state index contributed by atoms with van der Waals surface area (Å²) in [6.07, 6.45) is 2.28. The Hall–Kier alpha value is -2.64. The molecule has 16 heavy (non-hydrogen) atoms. The van der Waals surface area contributed by atoms with Crippen LogP contribution >= 0.6 is 0 Å². The molecule has 0 fully saturated rings. The van der Waals surface area contributed by atoms with E-state index in [0.717, 1.165) is 12.4 Å². The van der Waals surface area contributed by atoms with E-state index in [4.69, 9.17) is 22.3 Å². The molecule has 0 radical (unpaired) electrons. The maximum absolute atomic E-state index is 9.53. The average molecular weight is 222 g/mol. The molecule has 0 spiro atoms. The quantitative estimate of drug-likeness (QED) is 0.250. The van der Waals surface area contributed by atoms with Crippen LogP contribution in [-0.4, -0.2) is 19.9 Å². The molecule has 1 aliphatic carbocycles. The summed E-state index contributed by atoms with van der Waals surface area (Å²) < 4.78 is 1.29. The van der Waals surface area contributed by atoms with Gasteiger partial charge in [0.1, 0.15) is 22.1 Å². The third-order valence-electron chi connectivity index (χ3n) is 2.33. The molecule has 0 aromatic heterocycles. The second kappa shape index (κ2) is 2.92. The van der Waals surface area contributed by atoms with E-state index in [1.54, 1.807) is 0 Å². The van der Waals surface area contributed by atoms with E-state index in [2.05, 4.69) is 0 Å². The number of rotatable bonds is 0. The summed E-state index contributed by atoms with van der Waals surface area (Å²) >= 11 is 0. The smallest absolute Gasteiger partial charge is 0.134 e. The molecule has 0 unspecified atom stereocenters. The molecule has 8 N–H and O–H groups in total. The lowest BCUT2D eigenvalue weighted by molar-refractivity contribution is 0.158. The molecule has 0 aromatic rings. The van der Waals surface area contributed by atoms with Crippen LogP contribution in [0, 0.1) is 10.8 Å². The Morgan fingerprint density at radius 1 is 0.875 bits per heavy atom. The van der Waals surface area contributed by atoms with Crippen LogP contribution in [0.1, 0.15) is 0 Å². The van der Waals surface area contributed by atoms with Gasteiger partial charge in [0.25, 0.3) is 0 Å².